The minimum atomic E-state index is 0.695. The fourth-order valence-electron chi connectivity index (χ4n) is 2.43. The first-order valence-corrected chi connectivity index (χ1v) is 6.35. The maximum absolute atomic E-state index is 5.32. The second kappa shape index (κ2) is 5.32. The number of hydrogen-bond donors (Lipinski definition) is 0. The number of pyridine rings is 1. The molecule has 2 aromatic rings. The van der Waals surface area contributed by atoms with Crippen molar-refractivity contribution in [2.75, 3.05) is 13.7 Å². The second-order valence-corrected chi connectivity index (χ2v) is 4.63. The smallest absolute Gasteiger partial charge is 0.220 e. The molecule has 5 nitrogen and oxygen atoms in total. The molecule has 0 saturated heterocycles. The van der Waals surface area contributed by atoms with Crippen LogP contribution in [-0.2, 0) is 19.5 Å². The van der Waals surface area contributed by atoms with Gasteiger partial charge in [0, 0.05) is 44.0 Å². The molecule has 0 fully saturated rings. The van der Waals surface area contributed by atoms with Crippen molar-refractivity contribution in [1.82, 2.24) is 19.9 Å². The Bertz CT molecular complexity index is 544. The summed E-state index contributed by atoms with van der Waals surface area (Å²) in [7, 11) is 1.66. The van der Waals surface area contributed by atoms with Crippen molar-refractivity contribution < 1.29 is 4.74 Å². The molecule has 0 aromatic carbocycles. The average molecular weight is 256 g/mol. The van der Waals surface area contributed by atoms with Crippen LogP contribution in [0.25, 0.3) is 0 Å². The Morgan fingerprint density at radius 3 is 3.11 bits per heavy atom. The zero-order valence-corrected chi connectivity index (χ0v) is 10.9. The average Bonchev–Trinajstić information content (AvgIpc) is 2.47. The van der Waals surface area contributed by atoms with Gasteiger partial charge in [0.25, 0.3) is 0 Å². The van der Waals surface area contributed by atoms with Gasteiger partial charge in [0.05, 0.1) is 12.8 Å². The molecule has 0 saturated carbocycles. The summed E-state index contributed by atoms with van der Waals surface area (Å²) < 4.78 is 5.32. The Morgan fingerprint density at radius 1 is 1.37 bits per heavy atom. The topological polar surface area (TPSA) is 51.1 Å². The quantitative estimate of drug-likeness (QED) is 0.831. The van der Waals surface area contributed by atoms with Gasteiger partial charge in [-0.05, 0) is 11.6 Å². The molecule has 1 aliphatic rings. The van der Waals surface area contributed by atoms with E-state index in [2.05, 4.69) is 25.9 Å². The van der Waals surface area contributed by atoms with Crippen LogP contribution in [-0.4, -0.2) is 33.5 Å². The van der Waals surface area contributed by atoms with Crippen LogP contribution < -0.4 is 4.74 Å². The lowest BCUT2D eigenvalue weighted by atomic mass is 10.1. The zero-order chi connectivity index (χ0) is 13.1. The van der Waals surface area contributed by atoms with Gasteiger partial charge < -0.3 is 4.74 Å². The molecule has 3 rings (SSSR count). The molecule has 5 heteroatoms. The van der Waals surface area contributed by atoms with E-state index in [-0.39, 0.29) is 0 Å². The van der Waals surface area contributed by atoms with Crippen LogP contribution in [0.1, 0.15) is 16.8 Å². The number of methoxy groups -OCH3 is 1. The van der Waals surface area contributed by atoms with E-state index >= 15 is 0 Å². The molecule has 0 bridgehead atoms. The number of hydrogen-bond acceptors (Lipinski definition) is 5. The lowest BCUT2D eigenvalue weighted by Crippen LogP contribution is -2.31. The SMILES string of the molecule is COc1ncnc2c1CN(Cc1cccnc1)CC2. The van der Waals surface area contributed by atoms with Gasteiger partial charge in [0.15, 0.2) is 0 Å². The van der Waals surface area contributed by atoms with Crippen LogP contribution in [0.15, 0.2) is 30.9 Å². The molecule has 1 aliphatic heterocycles. The first-order valence-electron chi connectivity index (χ1n) is 6.35. The molecule has 0 N–H and O–H groups in total. The molecule has 3 heterocycles. The summed E-state index contributed by atoms with van der Waals surface area (Å²) in [4.78, 5) is 15.0. The number of rotatable bonds is 3. The first kappa shape index (κ1) is 12.0. The Hall–Kier alpha value is -2.01. The summed E-state index contributed by atoms with van der Waals surface area (Å²) in [5, 5.41) is 0. The van der Waals surface area contributed by atoms with Crippen LogP contribution in [0.4, 0.5) is 0 Å². The van der Waals surface area contributed by atoms with Gasteiger partial charge in [-0.15, -0.1) is 0 Å². The largest absolute Gasteiger partial charge is 0.481 e. The minimum Gasteiger partial charge on any atom is -0.481 e. The molecule has 98 valence electrons. The number of nitrogens with zero attached hydrogens (tertiary/aromatic N) is 4. The summed E-state index contributed by atoms with van der Waals surface area (Å²) in [5.41, 5.74) is 3.44. The van der Waals surface area contributed by atoms with Gasteiger partial charge in [-0.1, -0.05) is 6.07 Å². The van der Waals surface area contributed by atoms with E-state index in [0.29, 0.717) is 5.88 Å². The van der Waals surface area contributed by atoms with Gasteiger partial charge in [-0.2, -0.15) is 0 Å². The van der Waals surface area contributed by atoms with E-state index in [9.17, 15) is 0 Å². The molecule has 0 aliphatic carbocycles. The molecular weight excluding hydrogens is 240 g/mol. The van der Waals surface area contributed by atoms with Crippen molar-refractivity contribution in [3.05, 3.63) is 47.7 Å². The zero-order valence-electron chi connectivity index (χ0n) is 10.9. The highest BCUT2D eigenvalue weighted by atomic mass is 16.5. The fraction of sp³-hybridized carbons (Fsp3) is 0.357. The number of fused-ring (bicyclic) bond motifs is 1. The van der Waals surface area contributed by atoms with Gasteiger partial charge in [-0.3, -0.25) is 9.88 Å². The van der Waals surface area contributed by atoms with Crippen molar-refractivity contribution in [2.45, 2.75) is 19.5 Å². The molecule has 19 heavy (non-hydrogen) atoms. The highest BCUT2D eigenvalue weighted by molar-refractivity contribution is 5.31. The van der Waals surface area contributed by atoms with E-state index in [1.54, 1.807) is 19.6 Å². The van der Waals surface area contributed by atoms with Gasteiger partial charge in [0.1, 0.15) is 6.33 Å². The fourth-order valence-corrected chi connectivity index (χ4v) is 2.43. The summed E-state index contributed by atoms with van der Waals surface area (Å²) in [6.45, 7) is 2.72. The predicted molar refractivity (Wildman–Crippen MR) is 70.6 cm³/mol. The lowest BCUT2D eigenvalue weighted by molar-refractivity contribution is 0.236. The third-order valence-electron chi connectivity index (χ3n) is 3.36. The lowest BCUT2D eigenvalue weighted by Gasteiger charge is -2.28. The molecule has 0 atom stereocenters. The van der Waals surface area contributed by atoms with Crippen LogP contribution in [0.2, 0.25) is 0 Å². The summed E-state index contributed by atoms with van der Waals surface area (Å²) in [6.07, 6.45) is 6.23. The van der Waals surface area contributed by atoms with Gasteiger partial charge in [0.2, 0.25) is 5.88 Å². The number of aromatic nitrogens is 3. The van der Waals surface area contributed by atoms with Crippen molar-refractivity contribution in [1.29, 1.82) is 0 Å². The Labute approximate surface area is 112 Å². The van der Waals surface area contributed by atoms with E-state index in [0.717, 1.165) is 37.3 Å². The molecule has 0 amide bonds. The van der Waals surface area contributed by atoms with Crippen molar-refractivity contribution in [3.63, 3.8) is 0 Å². The highest BCUT2D eigenvalue weighted by Crippen LogP contribution is 2.24. The van der Waals surface area contributed by atoms with E-state index < -0.39 is 0 Å². The first-order chi connectivity index (χ1) is 9.36. The van der Waals surface area contributed by atoms with Crippen LogP contribution in [0.3, 0.4) is 0 Å². The van der Waals surface area contributed by atoms with Gasteiger partial charge >= 0.3 is 0 Å². The monoisotopic (exact) mass is 256 g/mol. The van der Waals surface area contributed by atoms with E-state index in [1.165, 1.54) is 5.56 Å². The van der Waals surface area contributed by atoms with Crippen LogP contribution >= 0.6 is 0 Å². The van der Waals surface area contributed by atoms with Crippen molar-refractivity contribution in [3.8, 4) is 5.88 Å². The molecule has 0 radical (unpaired) electrons. The number of ether oxygens (including phenoxy) is 1. The normalized spacial score (nSPS) is 15.0. The third kappa shape index (κ3) is 2.56. The standard InChI is InChI=1S/C14H16N4O/c1-19-14-12-9-18(6-4-13(12)16-10-17-14)8-11-3-2-5-15-7-11/h2-3,5,7,10H,4,6,8-9H2,1H3. The predicted octanol–water partition coefficient (Wildman–Crippen LogP) is 1.44. The Balaban J connectivity index is 1.78. The second-order valence-electron chi connectivity index (χ2n) is 4.63. The van der Waals surface area contributed by atoms with Crippen molar-refractivity contribution >= 4 is 0 Å². The van der Waals surface area contributed by atoms with E-state index in [4.69, 9.17) is 4.74 Å². The highest BCUT2D eigenvalue weighted by Gasteiger charge is 2.21. The third-order valence-corrected chi connectivity index (χ3v) is 3.36. The van der Waals surface area contributed by atoms with Gasteiger partial charge in [-0.25, -0.2) is 9.97 Å². The maximum Gasteiger partial charge on any atom is 0.220 e. The molecular formula is C14H16N4O. The van der Waals surface area contributed by atoms with Crippen LogP contribution in [0.5, 0.6) is 5.88 Å². The van der Waals surface area contributed by atoms with Crippen LogP contribution in [0, 0.1) is 0 Å². The molecule has 2 aromatic heterocycles. The molecule has 0 unspecified atom stereocenters. The summed E-state index contributed by atoms with van der Waals surface area (Å²) in [5.74, 6) is 0.695. The maximum atomic E-state index is 5.32. The van der Waals surface area contributed by atoms with Crippen molar-refractivity contribution in [2.24, 2.45) is 0 Å². The summed E-state index contributed by atoms with van der Waals surface area (Å²) >= 11 is 0. The summed E-state index contributed by atoms with van der Waals surface area (Å²) in [6, 6.07) is 4.07. The Morgan fingerprint density at radius 2 is 2.32 bits per heavy atom. The van der Waals surface area contributed by atoms with E-state index in [1.807, 2.05) is 12.3 Å². The minimum absolute atomic E-state index is 0.695. The molecule has 0 spiro atoms. The Kier molecular flexibility index (Phi) is 3.37.